The van der Waals surface area contributed by atoms with E-state index >= 15 is 0 Å². The van der Waals surface area contributed by atoms with Gasteiger partial charge in [0.05, 0.1) is 22.9 Å². The second kappa shape index (κ2) is 6.46. The summed E-state index contributed by atoms with van der Waals surface area (Å²) in [4.78, 5) is 17.3. The van der Waals surface area contributed by atoms with Crippen molar-refractivity contribution in [2.75, 3.05) is 5.32 Å². The van der Waals surface area contributed by atoms with Crippen LogP contribution in [0.3, 0.4) is 0 Å². The molecule has 3 aromatic carbocycles. The Hall–Kier alpha value is -3.18. The first-order valence-electron chi connectivity index (χ1n) is 9.14. The van der Waals surface area contributed by atoms with E-state index in [1.165, 1.54) is 16.9 Å². The molecule has 2 aromatic heterocycles. The van der Waals surface area contributed by atoms with Crippen molar-refractivity contribution in [2.24, 2.45) is 0 Å². The van der Waals surface area contributed by atoms with Crippen LogP contribution in [0.15, 0.2) is 59.2 Å². The van der Waals surface area contributed by atoms with E-state index in [1.807, 2.05) is 31.2 Å². The van der Waals surface area contributed by atoms with Crippen LogP contribution in [0.2, 0.25) is 0 Å². The molecule has 5 rings (SSSR count). The maximum atomic E-state index is 12.7. The van der Waals surface area contributed by atoms with E-state index in [0.717, 1.165) is 43.1 Å². The fourth-order valence-electron chi connectivity index (χ4n) is 3.77. The average molecular weight is 386 g/mol. The Morgan fingerprint density at radius 3 is 2.89 bits per heavy atom. The molecule has 0 atom stereocenters. The van der Waals surface area contributed by atoms with Crippen LogP contribution >= 0.6 is 11.3 Å². The SMILES string of the molecule is Cc1cc(C)c2nc(NC(=O)Cc3coc4ccc5ccccc5c34)sc2c1. The number of hydrogen-bond acceptors (Lipinski definition) is 4. The summed E-state index contributed by atoms with van der Waals surface area (Å²) >= 11 is 1.51. The Morgan fingerprint density at radius 1 is 1.14 bits per heavy atom. The third-order valence-corrected chi connectivity index (χ3v) is 5.89. The number of amides is 1. The largest absolute Gasteiger partial charge is 0.464 e. The number of thiazole rings is 1. The molecule has 28 heavy (non-hydrogen) atoms. The maximum absolute atomic E-state index is 12.7. The number of rotatable bonds is 3. The number of carbonyl (C=O) groups excluding carboxylic acids is 1. The normalized spacial score (nSPS) is 11.5. The number of furan rings is 1. The van der Waals surface area contributed by atoms with Crippen LogP contribution in [0.4, 0.5) is 5.13 Å². The minimum Gasteiger partial charge on any atom is -0.464 e. The van der Waals surface area contributed by atoms with E-state index in [-0.39, 0.29) is 12.3 Å². The smallest absolute Gasteiger partial charge is 0.230 e. The molecular formula is C23H18N2O2S. The number of nitrogens with one attached hydrogen (secondary N) is 1. The fourth-order valence-corrected chi connectivity index (χ4v) is 4.82. The topological polar surface area (TPSA) is 55.1 Å². The first-order valence-corrected chi connectivity index (χ1v) is 9.95. The number of aryl methyl sites for hydroxylation is 2. The van der Waals surface area contributed by atoms with Gasteiger partial charge in [0, 0.05) is 10.9 Å². The number of carbonyl (C=O) groups is 1. The molecule has 138 valence electrons. The summed E-state index contributed by atoms with van der Waals surface area (Å²) in [6.45, 7) is 4.11. The summed E-state index contributed by atoms with van der Waals surface area (Å²) in [7, 11) is 0. The van der Waals surface area contributed by atoms with Crippen LogP contribution in [0.1, 0.15) is 16.7 Å². The molecule has 0 spiro atoms. The fraction of sp³-hybridized carbons (Fsp3) is 0.130. The zero-order valence-corrected chi connectivity index (χ0v) is 16.4. The zero-order chi connectivity index (χ0) is 19.3. The van der Waals surface area contributed by atoms with Gasteiger partial charge in [-0.2, -0.15) is 0 Å². The molecule has 1 N–H and O–H groups in total. The lowest BCUT2D eigenvalue weighted by Crippen LogP contribution is -2.13. The van der Waals surface area contributed by atoms with Crippen molar-refractivity contribution in [3.05, 3.63) is 71.5 Å². The minimum atomic E-state index is -0.0935. The Balaban J connectivity index is 1.46. The summed E-state index contributed by atoms with van der Waals surface area (Å²) < 4.78 is 6.78. The van der Waals surface area contributed by atoms with Gasteiger partial charge in [0.2, 0.25) is 5.91 Å². The molecule has 0 radical (unpaired) electrons. The molecular weight excluding hydrogens is 368 g/mol. The van der Waals surface area contributed by atoms with Crippen LogP contribution in [-0.4, -0.2) is 10.9 Å². The number of aromatic nitrogens is 1. The lowest BCUT2D eigenvalue weighted by molar-refractivity contribution is -0.115. The number of benzene rings is 3. The number of nitrogens with zero attached hydrogens (tertiary/aromatic N) is 1. The monoisotopic (exact) mass is 386 g/mol. The van der Waals surface area contributed by atoms with E-state index in [2.05, 4.69) is 41.5 Å². The molecule has 5 aromatic rings. The van der Waals surface area contributed by atoms with Gasteiger partial charge in [-0.15, -0.1) is 0 Å². The predicted octanol–water partition coefficient (Wildman–Crippen LogP) is 5.99. The standard InChI is InChI=1S/C23H18N2O2S/c1-13-9-14(2)22-19(10-13)28-23(25-22)24-20(26)11-16-12-27-18-8-7-15-5-3-4-6-17(15)21(16)18/h3-10,12H,11H2,1-2H3,(H,24,25,26). The maximum Gasteiger partial charge on any atom is 0.230 e. The third kappa shape index (κ3) is 2.84. The summed E-state index contributed by atoms with van der Waals surface area (Å²) in [5.41, 5.74) is 4.96. The van der Waals surface area contributed by atoms with Crippen LogP contribution in [0.25, 0.3) is 32.0 Å². The van der Waals surface area contributed by atoms with Crippen molar-refractivity contribution < 1.29 is 9.21 Å². The van der Waals surface area contributed by atoms with Gasteiger partial charge in [-0.3, -0.25) is 4.79 Å². The summed E-state index contributed by atoms with van der Waals surface area (Å²) in [6.07, 6.45) is 1.93. The average Bonchev–Trinajstić information content (AvgIpc) is 3.26. The van der Waals surface area contributed by atoms with Crippen LogP contribution < -0.4 is 5.32 Å². The summed E-state index contributed by atoms with van der Waals surface area (Å²) in [5, 5.41) is 6.82. The van der Waals surface area contributed by atoms with Crippen LogP contribution in [0, 0.1) is 13.8 Å². The van der Waals surface area contributed by atoms with Crippen LogP contribution in [-0.2, 0) is 11.2 Å². The Labute approximate surface area is 165 Å². The van der Waals surface area contributed by atoms with Crippen molar-refractivity contribution in [2.45, 2.75) is 20.3 Å². The van der Waals surface area contributed by atoms with Gasteiger partial charge in [0.15, 0.2) is 5.13 Å². The van der Waals surface area contributed by atoms with Crippen molar-refractivity contribution in [3.63, 3.8) is 0 Å². The Bertz CT molecular complexity index is 1360. The first kappa shape index (κ1) is 17.0. The highest BCUT2D eigenvalue weighted by Crippen LogP contribution is 2.31. The van der Waals surface area contributed by atoms with E-state index in [1.54, 1.807) is 6.26 Å². The van der Waals surface area contributed by atoms with Gasteiger partial charge in [-0.05, 0) is 47.9 Å². The molecule has 2 heterocycles. The molecule has 0 bridgehead atoms. The van der Waals surface area contributed by atoms with E-state index in [4.69, 9.17) is 4.42 Å². The molecule has 0 aliphatic heterocycles. The number of anilines is 1. The van der Waals surface area contributed by atoms with Crippen molar-refractivity contribution >= 4 is 54.3 Å². The van der Waals surface area contributed by atoms with Crippen molar-refractivity contribution in [1.29, 1.82) is 0 Å². The lowest BCUT2D eigenvalue weighted by Gasteiger charge is -2.03. The molecule has 1 amide bonds. The quantitative estimate of drug-likeness (QED) is 0.414. The molecule has 0 saturated carbocycles. The van der Waals surface area contributed by atoms with Gasteiger partial charge in [0.25, 0.3) is 0 Å². The highest BCUT2D eigenvalue weighted by atomic mass is 32.1. The number of hydrogen-bond donors (Lipinski definition) is 1. The van der Waals surface area contributed by atoms with Gasteiger partial charge >= 0.3 is 0 Å². The highest BCUT2D eigenvalue weighted by molar-refractivity contribution is 7.22. The van der Waals surface area contributed by atoms with E-state index in [0.29, 0.717) is 5.13 Å². The van der Waals surface area contributed by atoms with Gasteiger partial charge in [-0.25, -0.2) is 4.98 Å². The third-order valence-electron chi connectivity index (χ3n) is 4.97. The highest BCUT2D eigenvalue weighted by Gasteiger charge is 2.15. The molecule has 0 aliphatic carbocycles. The lowest BCUT2D eigenvalue weighted by atomic mass is 10.0. The van der Waals surface area contributed by atoms with E-state index in [9.17, 15) is 4.79 Å². The second-order valence-corrected chi connectivity index (χ2v) is 8.12. The molecule has 0 fully saturated rings. The van der Waals surface area contributed by atoms with Crippen LogP contribution in [0.5, 0.6) is 0 Å². The van der Waals surface area contributed by atoms with Crippen molar-refractivity contribution in [3.8, 4) is 0 Å². The van der Waals surface area contributed by atoms with Gasteiger partial charge < -0.3 is 9.73 Å². The molecule has 4 nitrogen and oxygen atoms in total. The first-order chi connectivity index (χ1) is 13.6. The summed E-state index contributed by atoms with van der Waals surface area (Å²) in [5.74, 6) is -0.0935. The Morgan fingerprint density at radius 2 is 2.00 bits per heavy atom. The second-order valence-electron chi connectivity index (χ2n) is 7.09. The minimum absolute atomic E-state index is 0.0935. The van der Waals surface area contributed by atoms with Gasteiger partial charge in [0.1, 0.15) is 5.58 Å². The predicted molar refractivity (Wildman–Crippen MR) is 115 cm³/mol. The Kier molecular flexibility index (Phi) is 3.91. The summed E-state index contributed by atoms with van der Waals surface area (Å²) in [6, 6.07) is 16.3. The van der Waals surface area contributed by atoms with Crippen molar-refractivity contribution in [1.82, 2.24) is 4.98 Å². The molecule has 0 aliphatic rings. The zero-order valence-electron chi connectivity index (χ0n) is 15.6. The molecule has 5 heteroatoms. The van der Waals surface area contributed by atoms with Gasteiger partial charge in [-0.1, -0.05) is 47.7 Å². The number of fused-ring (bicyclic) bond motifs is 4. The molecule has 0 saturated heterocycles. The molecule has 0 unspecified atom stereocenters. The van der Waals surface area contributed by atoms with E-state index < -0.39 is 0 Å².